The van der Waals surface area contributed by atoms with Gasteiger partial charge in [0, 0.05) is 44.5 Å². The molecule has 0 unspecified atom stereocenters. The van der Waals surface area contributed by atoms with Crippen LogP contribution in [0, 0.1) is 5.41 Å². The maximum absolute atomic E-state index is 14.1. The molecule has 0 heterocycles. The van der Waals surface area contributed by atoms with Crippen LogP contribution in [0.2, 0.25) is 0 Å². The second-order valence-electron chi connectivity index (χ2n) is 11.7. The molecule has 0 spiro atoms. The molecule has 1 N–H and O–H groups in total. The van der Waals surface area contributed by atoms with Crippen molar-refractivity contribution in [2.45, 2.75) is 91.1 Å². The van der Waals surface area contributed by atoms with Crippen LogP contribution in [0.5, 0.6) is 0 Å². The Bertz CT molecular complexity index is 1000. The number of nitrogens with zero attached hydrogens (tertiary/aromatic N) is 2. The summed E-state index contributed by atoms with van der Waals surface area (Å²) < 4.78 is 0. The number of carbonyl (C=O) groups is 2. The summed E-state index contributed by atoms with van der Waals surface area (Å²) in [5.41, 5.74) is 3.94. The lowest BCUT2D eigenvalue weighted by Crippen LogP contribution is -2.43. The van der Waals surface area contributed by atoms with Gasteiger partial charge in [0.05, 0.1) is 5.92 Å². The molecule has 0 aromatic heterocycles. The van der Waals surface area contributed by atoms with Gasteiger partial charge in [-0.2, -0.15) is 0 Å². The molecule has 5 heteroatoms. The van der Waals surface area contributed by atoms with Crippen molar-refractivity contribution < 1.29 is 9.59 Å². The van der Waals surface area contributed by atoms with Gasteiger partial charge in [0.2, 0.25) is 11.8 Å². The lowest BCUT2D eigenvalue weighted by atomic mass is 9.90. The smallest absolute Gasteiger partial charge is 0.230 e. The molecule has 1 saturated carbocycles. The van der Waals surface area contributed by atoms with Crippen molar-refractivity contribution in [1.82, 2.24) is 4.90 Å². The SMILES string of the molecule is CC[C@@H](C(=O)N(Cc1cc(NC(=O)CC(C)(C)C)ccc1N(C)C)C1CCCCC1)c1ccccc1. The molecular formula is C31H45N3O2. The first kappa shape index (κ1) is 27.8. The summed E-state index contributed by atoms with van der Waals surface area (Å²) in [7, 11) is 4.06. The zero-order chi connectivity index (χ0) is 26.3. The highest BCUT2D eigenvalue weighted by Gasteiger charge is 2.31. The predicted molar refractivity (Wildman–Crippen MR) is 150 cm³/mol. The van der Waals surface area contributed by atoms with E-state index in [-0.39, 0.29) is 29.2 Å². The van der Waals surface area contributed by atoms with E-state index in [4.69, 9.17) is 0 Å². The van der Waals surface area contributed by atoms with E-state index in [1.165, 1.54) is 19.3 Å². The van der Waals surface area contributed by atoms with Gasteiger partial charge in [-0.3, -0.25) is 9.59 Å². The summed E-state index contributed by atoms with van der Waals surface area (Å²) >= 11 is 0. The van der Waals surface area contributed by atoms with E-state index >= 15 is 0 Å². The van der Waals surface area contributed by atoms with E-state index in [1.54, 1.807) is 0 Å². The van der Waals surface area contributed by atoms with E-state index in [1.807, 2.05) is 38.4 Å². The van der Waals surface area contributed by atoms with Gasteiger partial charge in [0.1, 0.15) is 0 Å². The molecule has 2 aromatic rings. The van der Waals surface area contributed by atoms with E-state index in [0.29, 0.717) is 13.0 Å². The number of anilines is 2. The molecule has 2 amide bonds. The monoisotopic (exact) mass is 491 g/mol. The molecule has 196 valence electrons. The van der Waals surface area contributed by atoms with Crippen molar-refractivity contribution in [3.8, 4) is 0 Å². The standard InChI is InChI=1S/C31H45N3O2/c1-7-27(23-14-10-8-11-15-23)30(36)34(26-16-12-9-13-17-26)22-24-20-25(18-19-28(24)33(5)6)32-29(35)21-31(2,3)4/h8,10-11,14-15,18-20,26-27H,7,9,12-13,16-17,21-22H2,1-6H3,(H,32,35)/t27-/m1/s1. The van der Waals surface area contributed by atoms with E-state index < -0.39 is 0 Å². The fourth-order valence-corrected chi connectivity index (χ4v) is 5.31. The second kappa shape index (κ2) is 12.4. The molecule has 36 heavy (non-hydrogen) atoms. The van der Waals surface area contributed by atoms with Crippen LogP contribution in [-0.2, 0) is 16.1 Å². The average Bonchev–Trinajstić information content (AvgIpc) is 2.83. The zero-order valence-electron chi connectivity index (χ0n) is 23.1. The van der Waals surface area contributed by atoms with Crippen molar-refractivity contribution in [3.05, 3.63) is 59.7 Å². The summed E-state index contributed by atoms with van der Waals surface area (Å²) in [6, 6.07) is 16.5. The van der Waals surface area contributed by atoms with Crippen LogP contribution in [-0.4, -0.2) is 36.9 Å². The first-order valence-electron chi connectivity index (χ1n) is 13.5. The first-order chi connectivity index (χ1) is 17.1. The summed E-state index contributed by atoms with van der Waals surface area (Å²) in [6.45, 7) is 8.85. The van der Waals surface area contributed by atoms with Gasteiger partial charge in [-0.1, -0.05) is 77.3 Å². The minimum absolute atomic E-state index is 0.0152. The summed E-state index contributed by atoms with van der Waals surface area (Å²) in [5.74, 6) is 0.0782. The molecular weight excluding hydrogens is 446 g/mol. The molecule has 1 atom stereocenters. The third-order valence-corrected chi connectivity index (χ3v) is 7.08. The molecule has 1 aliphatic rings. The Hall–Kier alpha value is -2.82. The minimum Gasteiger partial charge on any atom is -0.377 e. The third-order valence-electron chi connectivity index (χ3n) is 7.08. The molecule has 3 rings (SSSR count). The van der Waals surface area contributed by atoms with Crippen LogP contribution < -0.4 is 10.2 Å². The number of benzene rings is 2. The Morgan fingerprint density at radius 1 is 1.00 bits per heavy atom. The summed E-state index contributed by atoms with van der Waals surface area (Å²) in [5, 5.41) is 3.09. The van der Waals surface area contributed by atoms with Gasteiger partial charge in [-0.05, 0) is 54.0 Å². The van der Waals surface area contributed by atoms with Crippen LogP contribution in [0.1, 0.15) is 89.7 Å². The number of hydrogen-bond donors (Lipinski definition) is 1. The Balaban J connectivity index is 1.94. The van der Waals surface area contributed by atoms with Crippen molar-refractivity contribution in [2.75, 3.05) is 24.3 Å². The topological polar surface area (TPSA) is 52.7 Å². The van der Waals surface area contributed by atoms with Gasteiger partial charge < -0.3 is 15.1 Å². The third kappa shape index (κ3) is 7.59. The van der Waals surface area contributed by atoms with Crippen LogP contribution in [0.3, 0.4) is 0 Å². The highest BCUT2D eigenvalue weighted by atomic mass is 16.2. The Kier molecular flexibility index (Phi) is 9.58. The Morgan fingerprint density at radius 3 is 2.25 bits per heavy atom. The fourth-order valence-electron chi connectivity index (χ4n) is 5.31. The number of carbonyl (C=O) groups excluding carboxylic acids is 2. The van der Waals surface area contributed by atoms with E-state index in [2.05, 4.69) is 67.1 Å². The van der Waals surface area contributed by atoms with E-state index in [0.717, 1.165) is 41.8 Å². The van der Waals surface area contributed by atoms with Crippen LogP contribution in [0.15, 0.2) is 48.5 Å². The largest absolute Gasteiger partial charge is 0.377 e. The molecule has 0 saturated heterocycles. The quantitative estimate of drug-likeness (QED) is 0.412. The van der Waals surface area contributed by atoms with Crippen LogP contribution in [0.25, 0.3) is 0 Å². The Morgan fingerprint density at radius 2 is 1.67 bits per heavy atom. The molecule has 0 radical (unpaired) electrons. The first-order valence-corrected chi connectivity index (χ1v) is 13.5. The predicted octanol–water partition coefficient (Wildman–Crippen LogP) is 6.98. The van der Waals surface area contributed by atoms with Gasteiger partial charge in [-0.15, -0.1) is 0 Å². The van der Waals surface area contributed by atoms with Gasteiger partial charge in [0.15, 0.2) is 0 Å². The highest BCUT2D eigenvalue weighted by Crippen LogP contribution is 2.32. The number of rotatable bonds is 9. The van der Waals surface area contributed by atoms with Gasteiger partial charge in [-0.25, -0.2) is 0 Å². The fraction of sp³-hybridized carbons (Fsp3) is 0.548. The lowest BCUT2D eigenvalue weighted by Gasteiger charge is -2.37. The highest BCUT2D eigenvalue weighted by molar-refractivity contribution is 5.91. The van der Waals surface area contributed by atoms with Gasteiger partial charge in [0.25, 0.3) is 0 Å². The maximum Gasteiger partial charge on any atom is 0.230 e. The van der Waals surface area contributed by atoms with Crippen molar-refractivity contribution in [1.29, 1.82) is 0 Å². The van der Waals surface area contributed by atoms with Crippen LogP contribution in [0.4, 0.5) is 11.4 Å². The molecule has 0 bridgehead atoms. The molecule has 1 fully saturated rings. The second-order valence-corrected chi connectivity index (χ2v) is 11.7. The van der Waals surface area contributed by atoms with Crippen molar-refractivity contribution in [3.63, 3.8) is 0 Å². The number of amides is 2. The van der Waals surface area contributed by atoms with Crippen molar-refractivity contribution >= 4 is 23.2 Å². The minimum atomic E-state index is -0.148. The number of hydrogen-bond acceptors (Lipinski definition) is 3. The van der Waals surface area contributed by atoms with Gasteiger partial charge >= 0.3 is 0 Å². The molecule has 5 nitrogen and oxygen atoms in total. The maximum atomic E-state index is 14.1. The molecule has 1 aliphatic carbocycles. The lowest BCUT2D eigenvalue weighted by molar-refractivity contribution is -0.136. The summed E-state index contributed by atoms with van der Waals surface area (Å²) in [4.78, 5) is 31.0. The normalized spacial score (nSPS) is 15.3. The van der Waals surface area contributed by atoms with E-state index in [9.17, 15) is 9.59 Å². The van der Waals surface area contributed by atoms with Crippen molar-refractivity contribution in [2.24, 2.45) is 5.41 Å². The summed E-state index contributed by atoms with van der Waals surface area (Å²) in [6.07, 6.45) is 6.91. The molecule has 0 aliphatic heterocycles. The average molecular weight is 492 g/mol. The number of nitrogens with one attached hydrogen (secondary N) is 1. The van der Waals surface area contributed by atoms with Crippen LogP contribution >= 0.6 is 0 Å². The Labute approximate surface area is 218 Å². The molecule has 2 aromatic carbocycles. The zero-order valence-corrected chi connectivity index (χ0v) is 23.1.